The lowest BCUT2D eigenvalue weighted by atomic mass is 9.90. The van der Waals surface area contributed by atoms with Crippen molar-refractivity contribution in [2.75, 3.05) is 20.2 Å². The average molecular weight is 329 g/mol. The van der Waals surface area contributed by atoms with Gasteiger partial charge in [-0.05, 0) is 37.6 Å². The molecule has 1 aromatic carbocycles. The molecule has 3 rings (SSSR count). The Morgan fingerprint density at radius 3 is 2.62 bits per heavy atom. The molecule has 0 spiro atoms. The number of methoxy groups -OCH3 is 1. The highest BCUT2D eigenvalue weighted by molar-refractivity contribution is 6.00. The highest BCUT2D eigenvalue weighted by Gasteiger charge is 2.42. The number of aliphatic carboxylic acids is 1. The first-order chi connectivity index (χ1) is 11.4. The Kier molecular flexibility index (Phi) is 4.01. The van der Waals surface area contributed by atoms with Gasteiger partial charge in [0.05, 0.1) is 30.0 Å². The molecule has 126 valence electrons. The van der Waals surface area contributed by atoms with Crippen molar-refractivity contribution in [3.05, 3.63) is 36.0 Å². The summed E-state index contributed by atoms with van der Waals surface area (Å²) in [6, 6.07) is 7.30. The molecule has 1 amide bonds. The number of carbonyl (C=O) groups excluding carboxylic acids is 1. The third kappa shape index (κ3) is 2.73. The summed E-state index contributed by atoms with van der Waals surface area (Å²) in [4.78, 5) is 25.7. The van der Waals surface area contributed by atoms with Crippen LogP contribution in [0.15, 0.2) is 30.5 Å². The zero-order valence-corrected chi connectivity index (χ0v) is 13.6. The highest BCUT2D eigenvalue weighted by Crippen LogP contribution is 2.32. The van der Waals surface area contributed by atoms with Gasteiger partial charge in [0, 0.05) is 18.7 Å². The summed E-state index contributed by atoms with van der Waals surface area (Å²) in [5, 5.41) is 16.2. The van der Waals surface area contributed by atoms with Crippen molar-refractivity contribution in [3.8, 4) is 17.0 Å². The Bertz CT molecular complexity index is 768. The van der Waals surface area contributed by atoms with Crippen LogP contribution >= 0.6 is 0 Å². The summed E-state index contributed by atoms with van der Waals surface area (Å²) < 4.78 is 5.13. The molecule has 0 bridgehead atoms. The minimum Gasteiger partial charge on any atom is -0.497 e. The minimum atomic E-state index is -0.889. The van der Waals surface area contributed by atoms with Gasteiger partial charge in [-0.25, -0.2) is 0 Å². The maximum absolute atomic E-state index is 12.8. The molecule has 0 saturated carbocycles. The number of hydrogen-bond donors (Lipinski definition) is 2. The number of benzene rings is 1. The quantitative estimate of drug-likeness (QED) is 0.895. The summed E-state index contributed by atoms with van der Waals surface area (Å²) in [6.45, 7) is 2.30. The van der Waals surface area contributed by atoms with Crippen molar-refractivity contribution >= 4 is 11.9 Å². The molecule has 1 aliphatic rings. The smallest absolute Gasteiger partial charge is 0.311 e. The zero-order chi connectivity index (χ0) is 17.3. The predicted molar refractivity (Wildman–Crippen MR) is 86.8 cm³/mol. The number of amides is 1. The first-order valence-electron chi connectivity index (χ1n) is 7.65. The summed E-state index contributed by atoms with van der Waals surface area (Å²) >= 11 is 0. The molecule has 1 atom stereocenters. The van der Waals surface area contributed by atoms with Crippen LogP contribution in [0.3, 0.4) is 0 Å². The molecule has 2 N–H and O–H groups in total. The van der Waals surface area contributed by atoms with Gasteiger partial charge in [0.25, 0.3) is 5.91 Å². The Morgan fingerprint density at radius 2 is 2.04 bits per heavy atom. The summed E-state index contributed by atoms with van der Waals surface area (Å²) in [5.41, 5.74) is 0.984. The molecule has 24 heavy (non-hydrogen) atoms. The van der Waals surface area contributed by atoms with Gasteiger partial charge in [-0.1, -0.05) is 0 Å². The van der Waals surface area contributed by atoms with E-state index in [1.807, 2.05) is 24.3 Å². The summed E-state index contributed by atoms with van der Waals surface area (Å²) in [5.74, 6) is -0.358. The Balaban J connectivity index is 1.85. The second-order valence-electron chi connectivity index (χ2n) is 6.23. The molecule has 7 heteroatoms. The molecule has 2 aromatic rings. The number of nitrogens with zero attached hydrogens (tertiary/aromatic N) is 2. The van der Waals surface area contributed by atoms with Gasteiger partial charge in [-0.15, -0.1) is 0 Å². The van der Waals surface area contributed by atoms with Crippen molar-refractivity contribution in [2.45, 2.75) is 13.3 Å². The maximum atomic E-state index is 12.8. The molecular weight excluding hydrogens is 310 g/mol. The van der Waals surface area contributed by atoms with E-state index in [1.54, 1.807) is 18.9 Å². The first kappa shape index (κ1) is 16.0. The molecule has 0 radical (unpaired) electrons. The van der Waals surface area contributed by atoms with E-state index in [-0.39, 0.29) is 12.5 Å². The molecule has 0 aliphatic carbocycles. The van der Waals surface area contributed by atoms with Crippen LogP contribution in [-0.2, 0) is 4.79 Å². The number of carbonyl (C=O) groups is 2. The summed E-state index contributed by atoms with van der Waals surface area (Å²) in [7, 11) is 1.59. The van der Waals surface area contributed by atoms with Crippen molar-refractivity contribution in [2.24, 2.45) is 5.41 Å². The van der Waals surface area contributed by atoms with Crippen molar-refractivity contribution in [1.29, 1.82) is 0 Å². The topological polar surface area (TPSA) is 95.5 Å². The van der Waals surface area contributed by atoms with Crippen LogP contribution in [0.5, 0.6) is 5.75 Å². The number of nitrogens with one attached hydrogen (secondary N) is 1. The fourth-order valence-electron chi connectivity index (χ4n) is 2.91. The third-order valence-electron chi connectivity index (χ3n) is 4.53. The number of aromatic amines is 1. The van der Waals surface area contributed by atoms with Crippen LogP contribution < -0.4 is 4.74 Å². The van der Waals surface area contributed by atoms with Gasteiger partial charge in [-0.2, -0.15) is 5.10 Å². The molecule has 1 aromatic heterocycles. The zero-order valence-electron chi connectivity index (χ0n) is 13.6. The number of likely N-dealkylation sites (tertiary alicyclic amines) is 1. The van der Waals surface area contributed by atoms with Gasteiger partial charge in [0.1, 0.15) is 5.75 Å². The number of ether oxygens (including phenoxy) is 1. The molecule has 0 unspecified atom stereocenters. The molecule has 2 heterocycles. The van der Waals surface area contributed by atoms with Crippen LogP contribution in [0.2, 0.25) is 0 Å². The van der Waals surface area contributed by atoms with Gasteiger partial charge < -0.3 is 14.7 Å². The second kappa shape index (κ2) is 5.99. The van der Waals surface area contributed by atoms with E-state index >= 15 is 0 Å². The third-order valence-corrected chi connectivity index (χ3v) is 4.53. The van der Waals surface area contributed by atoms with E-state index in [0.29, 0.717) is 24.2 Å². The monoisotopic (exact) mass is 329 g/mol. The number of aromatic nitrogens is 2. The molecule has 7 nitrogen and oxygen atoms in total. The van der Waals surface area contributed by atoms with Gasteiger partial charge in [0.2, 0.25) is 0 Å². The van der Waals surface area contributed by atoms with E-state index in [9.17, 15) is 14.7 Å². The lowest BCUT2D eigenvalue weighted by molar-refractivity contribution is -0.147. The lowest BCUT2D eigenvalue weighted by Crippen LogP contribution is -2.34. The van der Waals surface area contributed by atoms with Gasteiger partial charge in [-0.3, -0.25) is 14.7 Å². The minimum absolute atomic E-state index is 0.203. The van der Waals surface area contributed by atoms with E-state index in [0.717, 1.165) is 11.3 Å². The standard InChI is InChI=1S/C17H19N3O4/c1-17(16(22)23)7-8-20(10-17)15(21)13-9-18-19-14(13)11-3-5-12(24-2)6-4-11/h3-6,9H,7-8,10H2,1-2H3,(H,18,19)(H,22,23)/t17-/m1/s1. The number of carboxylic acids is 1. The lowest BCUT2D eigenvalue weighted by Gasteiger charge is -2.20. The molecule has 1 saturated heterocycles. The van der Waals surface area contributed by atoms with Crippen LogP contribution in [0.4, 0.5) is 0 Å². The van der Waals surface area contributed by atoms with Crippen LogP contribution in [0, 0.1) is 5.41 Å². The largest absolute Gasteiger partial charge is 0.497 e. The molecule has 1 fully saturated rings. The van der Waals surface area contributed by atoms with Crippen molar-refractivity contribution < 1.29 is 19.4 Å². The average Bonchev–Trinajstić information content (AvgIpc) is 3.22. The Hall–Kier alpha value is -2.83. The fourth-order valence-corrected chi connectivity index (χ4v) is 2.91. The molecular formula is C17H19N3O4. The van der Waals surface area contributed by atoms with E-state index in [1.165, 1.54) is 6.20 Å². The first-order valence-corrected chi connectivity index (χ1v) is 7.65. The SMILES string of the molecule is COc1ccc(-c2[nH]ncc2C(=O)N2CC[C@@](C)(C(=O)O)C2)cc1. The molecule has 1 aliphatic heterocycles. The van der Waals surface area contributed by atoms with Crippen LogP contribution in [0.25, 0.3) is 11.3 Å². The Morgan fingerprint density at radius 1 is 1.33 bits per heavy atom. The van der Waals surface area contributed by atoms with Crippen LogP contribution in [-0.4, -0.2) is 52.3 Å². The second-order valence-corrected chi connectivity index (χ2v) is 6.23. The fraction of sp³-hybridized carbons (Fsp3) is 0.353. The Labute approximate surface area is 139 Å². The van der Waals surface area contributed by atoms with Gasteiger partial charge in [0.15, 0.2) is 0 Å². The van der Waals surface area contributed by atoms with Crippen LogP contribution in [0.1, 0.15) is 23.7 Å². The number of H-pyrrole nitrogens is 1. The highest BCUT2D eigenvalue weighted by atomic mass is 16.5. The van der Waals surface area contributed by atoms with E-state index in [2.05, 4.69) is 10.2 Å². The maximum Gasteiger partial charge on any atom is 0.311 e. The predicted octanol–water partition coefficient (Wildman–Crippen LogP) is 2.02. The van der Waals surface area contributed by atoms with Gasteiger partial charge >= 0.3 is 5.97 Å². The van der Waals surface area contributed by atoms with Crippen molar-refractivity contribution in [3.63, 3.8) is 0 Å². The van der Waals surface area contributed by atoms with E-state index < -0.39 is 11.4 Å². The van der Waals surface area contributed by atoms with E-state index in [4.69, 9.17) is 4.74 Å². The number of carboxylic acid groups (broad SMARTS) is 1. The normalized spacial score (nSPS) is 20.2. The number of rotatable bonds is 4. The number of hydrogen-bond acceptors (Lipinski definition) is 4. The van der Waals surface area contributed by atoms with Crippen molar-refractivity contribution in [1.82, 2.24) is 15.1 Å². The summed E-state index contributed by atoms with van der Waals surface area (Å²) in [6.07, 6.45) is 1.93.